The third-order valence-electron chi connectivity index (χ3n) is 5.87. The van der Waals surface area contributed by atoms with Crippen LogP contribution in [-0.2, 0) is 6.18 Å². The van der Waals surface area contributed by atoms with E-state index in [1.807, 2.05) is 13.8 Å². The molecule has 2 rings (SSSR count). The third-order valence-corrected chi connectivity index (χ3v) is 9.78. The maximum atomic E-state index is 13.0. The highest BCUT2D eigenvalue weighted by atomic mass is 79.9. The summed E-state index contributed by atoms with van der Waals surface area (Å²) in [5.41, 5.74) is 1.73. The zero-order chi connectivity index (χ0) is 22.9. The van der Waals surface area contributed by atoms with Gasteiger partial charge in [-0.25, -0.2) is 0 Å². The van der Waals surface area contributed by atoms with Crippen molar-refractivity contribution in [2.75, 3.05) is 18.5 Å². The zero-order valence-electron chi connectivity index (χ0n) is 17.3. The van der Waals surface area contributed by atoms with E-state index < -0.39 is 11.7 Å². The summed E-state index contributed by atoms with van der Waals surface area (Å²) in [6.45, 7) is 9.85. The van der Waals surface area contributed by atoms with E-state index >= 15 is 0 Å². The van der Waals surface area contributed by atoms with Crippen LogP contribution in [0.15, 0.2) is 17.2 Å². The number of nitrogens with zero attached hydrogens (tertiary/aromatic N) is 2. The molecule has 1 aromatic carbocycles. The quantitative estimate of drug-likeness (QED) is 0.160. The molecule has 0 amide bonds. The van der Waals surface area contributed by atoms with Gasteiger partial charge in [-0.05, 0) is 44.7 Å². The van der Waals surface area contributed by atoms with Crippen molar-refractivity contribution in [2.45, 2.75) is 56.4 Å². The first kappa shape index (κ1) is 26.1. The molecule has 1 aromatic rings. The Labute approximate surface area is 203 Å². The Morgan fingerprint density at radius 2 is 1.77 bits per heavy atom. The lowest BCUT2D eigenvalue weighted by molar-refractivity contribution is -0.137. The van der Waals surface area contributed by atoms with Crippen molar-refractivity contribution >= 4 is 66.6 Å². The molecule has 2 unspecified atom stereocenters. The molecule has 0 aliphatic heterocycles. The van der Waals surface area contributed by atoms with Crippen LogP contribution >= 0.6 is 55.1 Å². The molecule has 1 saturated carbocycles. The Morgan fingerprint density at radius 1 is 1.23 bits per heavy atom. The number of amidine groups is 1. The molecule has 0 radical (unpaired) electrons. The van der Waals surface area contributed by atoms with Crippen LogP contribution in [0.25, 0.3) is 0 Å². The lowest BCUT2D eigenvalue weighted by atomic mass is 9.70. The lowest BCUT2D eigenvalue weighted by Gasteiger charge is -2.51. The first-order chi connectivity index (χ1) is 13.8. The van der Waals surface area contributed by atoms with Gasteiger partial charge in [-0.2, -0.15) is 18.3 Å². The fourth-order valence-electron chi connectivity index (χ4n) is 3.93. The van der Waals surface area contributed by atoms with Gasteiger partial charge in [0.1, 0.15) is 5.84 Å². The molecule has 1 aliphatic carbocycles. The van der Waals surface area contributed by atoms with Crippen LogP contribution in [0.4, 0.5) is 18.9 Å². The van der Waals surface area contributed by atoms with Crippen molar-refractivity contribution < 1.29 is 13.2 Å². The number of alkyl halides is 5. The normalized spacial score (nSPS) is 24.6. The Bertz CT molecular complexity index is 775. The molecule has 1 N–H and O–H groups in total. The average molecular weight is 596 g/mol. The molecule has 1 fully saturated rings. The van der Waals surface area contributed by atoms with Gasteiger partial charge in [0.15, 0.2) is 0 Å². The first-order valence-electron chi connectivity index (χ1n) is 9.82. The van der Waals surface area contributed by atoms with E-state index in [4.69, 9.17) is 23.2 Å². The molecule has 30 heavy (non-hydrogen) atoms. The summed E-state index contributed by atoms with van der Waals surface area (Å²) >= 11 is 20.0. The van der Waals surface area contributed by atoms with Gasteiger partial charge in [-0.1, -0.05) is 75.3 Å². The second kappa shape index (κ2) is 9.75. The molecule has 1 aliphatic rings. The van der Waals surface area contributed by atoms with Crippen molar-refractivity contribution in [3.05, 3.63) is 27.7 Å². The summed E-state index contributed by atoms with van der Waals surface area (Å²) in [4.78, 5) is 2.13. The van der Waals surface area contributed by atoms with Crippen LogP contribution < -0.4 is 5.43 Å². The van der Waals surface area contributed by atoms with Crippen LogP contribution in [0.3, 0.4) is 0 Å². The molecule has 170 valence electrons. The van der Waals surface area contributed by atoms with Gasteiger partial charge >= 0.3 is 6.18 Å². The van der Waals surface area contributed by atoms with E-state index in [0.717, 1.165) is 50.3 Å². The Balaban J connectivity index is 2.52. The molecule has 0 bridgehead atoms. The van der Waals surface area contributed by atoms with Crippen molar-refractivity contribution in [1.82, 2.24) is 4.90 Å². The van der Waals surface area contributed by atoms with Crippen LogP contribution in [0.2, 0.25) is 10.0 Å². The summed E-state index contributed by atoms with van der Waals surface area (Å²) in [7, 11) is 0. The van der Waals surface area contributed by atoms with Crippen molar-refractivity contribution in [2.24, 2.45) is 16.4 Å². The summed E-state index contributed by atoms with van der Waals surface area (Å²) in [6, 6.07) is 1.71. The van der Waals surface area contributed by atoms with Gasteiger partial charge in [-0.3, -0.25) is 5.43 Å². The highest BCUT2D eigenvalue weighted by Gasteiger charge is 2.54. The Kier molecular flexibility index (Phi) is 8.48. The number of hydrogen-bond acceptors (Lipinski definition) is 2. The molecule has 0 heterocycles. The topological polar surface area (TPSA) is 27.6 Å². The number of hydrogen-bond donors (Lipinski definition) is 1. The van der Waals surface area contributed by atoms with Crippen LogP contribution in [0.1, 0.15) is 52.5 Å². The first-order valence-corrected chi connectivity index (χ1v) is 12.2. The minimum atomic E-state index is -4.53. The molecule has 3 nitrogen and oxygen atoms in total. The van der Waals surface area contributed by atoms with E-state index in [1.54, 1.807) is 0 Å². The molecule has 0 aromatic heterocycles. The Morgan fingerprint density at radius 3 is 2.23 bits per heavy atom. The number of nitrogens with one attached hydrogen (secondary N) is 1. The maximum Gasteiger partial charge on any atom is 0.416 e. The van der Waals surface area contributed by atoms with Crippen LogP contribution in [-0.4, -0.2) is 27.1 Å². The summed E-state index contributed by atoms with van der Waals surface area (Å²) < 4.78 is 38.7. The SMILES string of the molecule is CCN(CC)/C(=N\Nc1c(Cl)cc(C(F)(F)F)cc1Cl)C1(C)CCCC(C)C1(Br)Br. The maximum absolute atomic E-state index is 13.0. The van der Waals surface area contributed by atoms with Crippen LogP contribution in [0.5, 0.6) is 0 Å². The van der Waals surface area contributed by atoms with Gasteiger partial charge < -0.3 is 4.90 Å². The largest absolute Gasteiger partial charge is 0.416 e. The zero-order valence-corrected chi connectivity index (χ0v) is 22.0. The predicted octanol–water partition coefficient (Wildman–Crippen LogP) is 8.39. The van der Waals surface area contributed by atoms with Crippen molar-refractivity contribution in [1.29, 1.82) is 0 Å². The number of benzene rings is 1. The summed E-state index contributed by atoms with van der Waals surface area (Å²) in [5, 5.41) is 4.39. The van der Waals surface area contributed by atoms with Gasteiger partial charge in [0.05, 0.1) is 29.9 Å². The van der Waals surface area contributed by atoms with Gasteiger partial charge in [-0.15, -0.1) is 0 Å². The van der Waals surface area contributed by atoms with Crippen LogP contribution in [0, 0.1) is 11.3 Å². The fourth-order valence-corrected chi connectivity index (χ4v) is 5.71. The highest BCUT2D eigenvalue weighted by molar-refractivity contribution is 9.25. The molecule has 2 atom stereocenters. The van der Waals surface area contributed by atoms with E-state index in [1.165, 1.54) is 0 Å². The standard InChI is InChI=1S/C20H26Br2Cl2F3N3/c1-5-30(6-2)17(18(4)9-7-8-12(3)19(18,21)22)29-28-16-14(23)10-13(11-15(16)24)20(25,26)27/h10-12,28H,5-9H2,1-4H3/b29-17-. The van der Waals surface area contributed by atoms with E-state index in [2.05, 4.69) is 61.1 Å². The predicted molar refractivity (Wildman–Crippen MR) is 127 cm³/mol. The van der Waals surface area contributed by atoms with E-state index in [-0.39, 0.29) is 24.4 Å². The van der Waals surface area contributed by atoms with Gasteiger partial charge in [0.2, 0.25) is 0 Å². The Hall–Kier alpha value is -0.180. The monoisotopic (exact) mass is 593 g/mol. The molecule has 10 heteroatoms. The molecule has 0 spiro atoms. The minimum Gasteiger partial charge on any atom is -0.359 e. The third kappa shape index (κ3) is 5.07. The number of halogens is 7. The van der Waals surface area contributed by atoms with Gasteiger partial charge in [0.25, 0.3) is 0 Å². The van der Waals surface area contributed by atoms with Crippen molar-refractivity contribution in [3.63, 3.8) is 0 Å². The molecule has 0 saturated heterocycles. The summed E-state index contributed by atoms with van der Waals surface area (Å²) in [6.07, 6.45) is -1.53. The number of anilines is 1. The number of rotatable bonds is 5. The molecular formula is C20H26Br2Cl2F3N3. The van der Waals surface area contributed by atoms with E-state index in [9.17, 15) is 13.2 Å². The van der Waals surface area contributed by atoms with Gasteiger partial charge in [0, 0.05) is 13.1 Å². The lowest BCUT2D eigenvalue weighted by Crippen LogP contribution is -2.55. The second-order valence-corrected chi connectivity index (χ2v) is 12.2. The molecular weight excluding hydrogens is 570 g/mol. The average Bonchev–Trinajstić information content (AvgIpc) is 2.64. The second-order valence-electron chi connectivity index (χ2n) is 7.78. The minimum absolute atomic E-state index is 0.136. The number of hydrazone groups is 1. The highest BCUT2D eigenvalue weighted by Crippen LogP contribution is 2.57. The fraction of sp³-hybridized carbons (Fsp3) is 0.650. The van der Waals surface area contributed by atoms with Crippen molar-refractivity contribution in [3.8, 4) is 0 Å². The van der Waals surface area contributed by atoms with E-state index in [0.29, 0.717) is 5.92 Å². The smallest absolute Gasteiger partial charge is 0.359 e. The summed E-state index contributed by atoms with van der Waals surface area (Å²) in [5.74, 6) is 1.13.